The molecule has 0 saturated carbocycles. The second-order valence-electron chi connectivity index (χ2n) is 6.47. The number of benzene rings is 2. The van der Waals surface area contributed by atoms with Crippen LogP contribution in [0.1, 0.15) is 11.1 Å². The van der Waals surface area contributed by atoms with Crippen molar-refractivity contribution in [2.75, 3.05) is 39.1 Å². The highest BCUT2D eigenvalue weighted by molar-refractivity contribution is 5.91. The molecule has 1 aliphatic heterocycles. The number of aromatic nitrogens is 2. The van der Waals surface area contributed by atoms with Crippen LogP contribution < -0.4 is 29.6 Å². The lowest BCUT2D eigenvalue weighted by Gasteiger charge is -2.17. The first kappa shape index (κ1) is 18.0. The molecule has 1 aromatic heterocycles. The Balaban J connectivity index is 1.73. The van der Waals surface area contributed by atoms with Crippen LogP contribution >= 0.6 is 0 Å². The number of anilines is 2. The molecule has 8 heteroatoms. The van der Waals surface area contributed by atoms with Crippen LogP contribution in [0.15, 0.2) is 24.3 Å². The van der Waals surface area contributed by atoms with Crippen molar-refractivity contribution >= 4 is 22.7 Å². The topological polar surface area (TPSA) is 92.0 Å². The van der Waals surface area contributed by atoms with Crippen molar-refractivity contribution in [3.63, 3.8) is 0 Å². The Morgan fingerprint density at radius 2 is 1.25 bits per heavy atom. The summed E-state index contributed by atoms with van der Waals surface area (Å²) < 4.78 is 21.5. The molecule has 0 amide bonds. The van der Waals surface area contributed by atoms with E-state index >= 15 is 0 Å². The average molecular weight is 382 g/mol. The zero-order valence-electron chi connectivity index (χ0n) is 16.3. The van der Waals surface area contributed by atoms with Crippen molar-refractivity contribution in [1.82, 2.24) is 9.97 Å². The third-order valence-electron chi connectivity index (χ3n) is 4.93. The highest BCUT2D eigenvalue weighted by atomic mass is 16.5. The summed E-state index contributed by atoms with van der Waals surface area (Å²) in [5, 5.41) is 0.724. The number of fused-ring (bicyclic) bond motifs is 2. The van der Waals surface area contributed by atoms with Gasteiger partial charge in [0.25, 0.3) is 0 Å². The minimum absolute atomic E-state index is 0.395. The van der Waals surface area contributed by atoms with E-state index in [2.05, 4.69) is 9.88 Å². The quantitative estimate of drug-likeness (QED) is 0.720. The summed E-state index contributed by atoms with van der Waals surface area (Å²) in [4.78, 5) is 11.3. The summed E-state index contributed by atoms with van der Waals surface area (Å²) in [7, 11) is 6.43. The lowest BCUT2D eigenvalue weighted by atomic mass is 10.1. The van der Waals surface area contributed by atoms with Gasteiger partial charge in [-0.1, -0.05) is 0 Å². The normalized spacial score (nSPS) is 12.8. The van der Waals surface area contributed by atoms with E-state index in [1.807, 2.05) is 18.2 Å². The summed E-state index contributed by atoms with van der Waals surface area (Å²) in [6, 6.07) is 7.59. The summed E-state index contributed by atoms with van der Waals surface area (Å²) in [5.74, 6) is 3.56. The molecule has 1 aliphatic rings. The molecule has 0 spiro atoms. The molecule has 4 rings (SSSR count). The van der Waals surface area contributed by atoms with E-state index in [4.69, 9.17) is 29.7 Å². The Morgan fingerprint density at radius 3 is 1.79 bits per heavy atom. The molecular weight excluding hydrogens is 360 g/mol. The van der Waals surface area contributed by atoms with Gasteiger partial charge < -0.3 is 29.6 Å². The molecule has 2 N–H and O–H groups in total. The van der Waals surface area contributed by atoms with Gasteiger partial charge in [0.2, 0.25) is 5.95 Å². The predicted molar refractivity (Wildman–Crippen MR) is 106 cm³/mol. The summed E-state index contributed by atoms with van der Waals surface area (Å²) in [6.07, 6.45) is 0. The maximum Gasteiger partial charge on any atom is 0.228 e. The van der Waals surface area contributed by atoms with Crippen LogP contribution in [0.25, 0.3) is 10.9 Å². The lowest BCUT2D eigenvalue weighted by Crippen LogP contribution is -2.18. The first-order valence-electron chi connectivity index (χ1n) is 8.76. The summed E-state index contributed by atoms with van der Waals surface area (Å²) in [6.45, 7) is 1.32. The maximum atomic E-state index is 6.22. The van der Waals surface area contributed by atoms with Gasteiger partial charge in [-0.3, -0.25) is 0 Å². The third kappa shape index (κ3) is 2.87. The number of nitrogen functional groups attached to an aromatic ring is 1. The Bertz CT molecular complexity index is 1020. The molecule has 0 aliphatic carbocycles. The zero-order chi connectivity index (χ0) is 19.8. The average Bonchev–Trinajstić information content (AvgIpc) is 3.14. The fourth-order valence-electron chi connectivity index (χ4n) is 3.47. The number of nitrogens with zero attached hydrogens (tertiary/aromatic N) is 3. The van der Waals surface area contributed by atoms with E-state index in [-0.39, 0.29) is 0 Å². The number of rotatable bonds is 5. The van der Waals surface area contributed by atoms with E-state index in [0.717, 1.165) is 16.5 Å². The van der Waals surface area contributed by atoms with E-state index in [1.165, 1.54) is 0 Å². The number of hydrogen-bond acceptors (Lipinski definition) is 8. The smallest absolute Gasteiger partial charge is 0.228 e. The van der Waals surface area contributed by atoms with Gasteiger partial charge in [-0.25, -0.2) is 4.98 Å². The number of nitrogens with two attached hydrogens (primary N) is 1. The van der Waals surface area contributed by atoms with Crippen molar-refractivity contribution in [3.05, 3.63) is 35.4 Å². The van der Waals surface area contributed by atoms with Crippen molar-refractivity contribution in [3.8, 4) is 23.0 Å². The first-order valence-corrected chi connectivity index (χ1v) is 8.76. The summed E-state index contributed by atoms with van der Waals surface area (Å²) in [5.41, 5.74) is 9.21. The van der Waals surface area contributed by atoms with Gasteiger partial charge in [-0.2, -0.15) is 4.98 Å². The van der Waals surface area contributed by atoms with Crippen LogP contribution in [-0.2, 0) is 13.1 Å². The SMILES string of the molecule is COc1cc2c(cc1OC)CN(c1nc(N)c3cc(OC)c(OC)cc3n1)C2. The molecule has 146 valence electrons. The Hall–Kier alpha value is -3.42. The second kappa shape index (κ2) is 6.95. The maximum absolute atomic E-state index is 6.22. The molecule has 0 bridgehead atoms. The fraction of sp³-hybridized carbons (Fsp3) is 0.300. The van der Waals surface area contributed by atoms with Crippen LogP contribution in [0.4, 0.5) is 11.8 Å². The minimum atomic E-state index is 0.395. The predicted octanol–water partition coefficient (Wildman–Crippen LogP) is 2.77. The first-order chi connectivity index (χ1) is 13.6. The number of methoxy groups -OCH3 is 4. The van der Waals surface area contributed by atoms with Crippen molar-refractivity contribution in [2.45, 2.75) is 13.1 Å². The molecule has 0 unspecified atom stereocenters. The van der Waals surface area contributed by atoms with Crippen LogP contribution in [0.3, 0.4) is 0 Å². The number of hydrogen-bond donors (Lipinski definition) is 1. The largest absolute Gasteiger partial charge is 0.493 e. The molecule has 8 nitrogen and oxygen atoms in total. The molecule has 0 fully saturated rings. The highest BCUT2D eigenvalue weighted by Gasteiger charge is 2.25. The van der Waals surface area contributed by atoms with Gasteiger partial charge >= 0.3 is 0 Å². The van der Waals surface area contributed by atoms with Crippen LogP contribution in [0.2, 0.25) is 0 Å². The molecular formula is C20H22N4O4. The minimum Gasteiger partial charge on any atom is -0.493 e. The molecule has 3 aromatic rings. The third-order valence-corrected chi connectivity index (χ3v) is 4.93. The Kier molecular flexibility index (Phi) is 4.46. The van der Waals surface area contributed by atoms with Crippen molar-refractivity contribution in [2.24, 2.45) is 0 Å². The summed E-state index contributed by atoms with van der Waals surface area (Å²) >= 11 is 0. The van der Waals surface area contributed by atoms with Crippen LogP contribution in [0, 0.1) is 0 Å². The molecule has 0 atom stereocenters. The van der Waals surface area contributed by atoms with Crippen LogP contribution in [-0.4, -0.2) is 38.4 Å². The van der Waals surface area contributed by atoms with E-state index < -0.39 is 0 Å². The molecule has 2 aromatic carbocycles. The van der Waals surface area contributed by atoms with Gasteiger partial charge in [0, 0.05) is 24.5 Å². The van der Waals surface area contributed by atoms with E-state index in [9.17, 15) is 0 Å². The fourth-order valence-corrected chi connectivity index (χ4v) is 3.47. The monoisotopic (exact) mass is 382 g/mol. The van der Waals surface area contributed by atoms with Crippen molar-refractivity contribution in [1.29, 1.82) is 0 Å². The molecule has 0 radical (unpaired) electrons. The second-order valence-corrected chi connectivity index (χ2v) is 6.47. The van der Waals surface area contributed by atoms with Crippen molar-refractivity contribution < 1.29 is 18.9 Å². The number of ether oxygens (including phenoxy) is 4. The lowest BCUT2D eigenvalue weighted by molar-refractivity contribution is 0.354. The van der Waals surface area contributed by atoms with Gasteiger partial charge in [-0.15, -0.1) is 0 Å². The molecule has 2 heterocycles. The Morgan fingerprint density at radius 1 is 0.750 bits per heavy atom. The van der Waals surface area contributed by atoms with E-state index in [1.54, 1.807) is 34.5 Å². The van der Waals surface area contributed by atoms with Gasteiger partial charge in [0.15, 0.2) is 23.0 Å². The van der Waals surface area contributed by atoms with Gasteiger partial charge in [0.05, 0.1) is 34.0 Å². The van der Waals surface area contributed by atoms with Crippen LogP contribution in [0.5, 0.6) is 23.0 Å². The molecule has 0 saturated heterocycles. The van der Waals surface area contributed by atoms with Gasteiger partial charge in [0.1, 0.15) is 5.82 Å². The standard InChI is InChI=1S/C20H22N4O4/c1-25-15-5-11-9-24(10-12(11)6-16(15)26-2)20-22-14-8-18(28-4)17(27-3)7-13(14)19(21)23-20/h5-8H,9-10H2,1-4H3,(H2,21,22,23). The van der Waals surface area contributed by atoms with E-state index in [0.29, 0.717) is 53.4 Å². The highest BCUT2D eigenvalue weighted by Crippen LogP contribution is 2.38. The zero-order valence-corrected chi connectivity index (χ0v) is 16.3. The Labute approximate surface area is 162 Å². The molecule has 28 heavy (non-hydrogen) atoms. The van der Waals surface area contributed by atoms with Gasteiger partial charge in [-0.05, 0) is 29.3 Å².